The van der Waals surface area contributed by atoms with E-state index < -0.39 is 0 Å². The van der Waals surface area contributed by atoms with Crippen LogP contribution in [-0.2, 0) is 6.42 Å². The van der Waals surface area contributed by atoms with Crippen molar-refractivity contribution in [2.75, 3.05) is 10.6 Å². The normalized spacial score (nSPS) is 10.0. The molecule has 0 atom stereocenters. The van der Waals surface area contributed by atoms with E-state index in [-0.39, 0.29) is 6.03 Å². The molecule has 0 unspecified atom stereocenters. The number of rotatable bonds is 3. The van der Waals surface area contributed by atoms with E-state index in [4.69, 9.17) is 0 Å². The number of aryl methyl sites for hydroxylation is 1. The lowest BCUT2D eigenvalue weighted by Crippen LogP contribution is -2.19. The maximum Gasteiger partial charge on any atom is 0.324 e. The second-order valence-corrected chi connectivity index (χ2v) is 4.91. The number of carbonyl (C=O) groups excluding carboxylic acids is 1. The highest BCUT2D eigenvalue weighted by Crippen LogP contribution is 2.12. The summed E-state index contributed by atoms with van der Waals surface area (Å²) in [7, 11) is 0. The van der Waals surface area contributed by atoms with Crippen molar-refractivity contribution in [1.29, 1.82) is 0 Å². The minimum absolute atomic E-state index is 0.306. The molecule has 1 aromatic heterocycles. The van der Waals surface area contributed by atoms with E-state index in [9.17, 15) is 4.79 Å². The summed E-state index contributed by atoms with van der Waals surface area (Å²) in [5, 5.41) is 5.42. The van der Waals surface area contributed by atoms with Crippen LogP contribution in [0.15, 0.2) is 47.1 Å². The first-order valence-electron chi connectivity index (χ1n) is 5.96. The summed E-state index contributed by atoms with van der Waals surface area (Å²) in [6.07, 6.45) is 2.61. The van der Waals surface area contributed by atoms with Crippen molar-refractivity contribution in [2.24, 2.45) is 0 Å². The lowest BCUT2D eigenvalue weighted by atomic mass is 10.1. The summed E-state index contributed by atoms with van der Waals surface area (Å²) < 4.78 is 0.869. The summed E-state index contributed by atoms with van der Waals surface area (Å²) in [6.45, 7) is 2.09. The highest BCUT2D eigenvalue weighted by Gasteiger charge is 2.03. The number of carbonyl (C=O) groups is 1. The molecule has 2 rings (SSSR count). The van der Waals surface area contributed by atoms with Gasteiger partial charge in [0.2, 0.25) is 0 Å². The number of urea groups is 1. The molecule has 0 aliphatic rings. The van der Waals surface area contributed by atoms with E-state index in [2.05, 4.69) is 38.5 Å². The van der Waals surface area contributed by atoms with Crippen LogP contribution >= 0.6 is 15.9 Å². The number of pyridine rings is 1. The molecule has 0 radical (unpaired) electrons. The largest absolute Gasteiger partial charge is 0.324 e. The average Bonchev–Trinajstić information content (AvgIpc) is 2.42. The first kappa shape index (κ1) is 13.5. The second kappa shape index (κ2) is 6.33. The lowest BCUT2D eigenvalue weighted by Gasteiger charge is -2.07. The lowest BCUT2D eigenvalue weighted by molar-refractivity contribution is 0.262. The number of anilines is 2. The van der Waals surface area contributed by atoms with Crippen LogP contribution in [0, 0.1) is 0 Å². The third-order valence-electron chi connectivity index (χ3n) is 2.59. The molecule has 2 N–H and O–H groups in total. The molecule has 0 aliphatic heterocycles. The van der Waals surface area contributed by atoms with Crippen molar-refractivity contribution >= 4 is 33.5 Å². The van der Waals surface area contributed by atoms with Crippen LogP contribution in [0.2, 0.25) is 0 Å². The molecule has 0 bridgehead atoms. The third-order valence-corrected chi connectivity index (χ3v) is 3.06. The van der Waals surface area contributed by atoms with Crippen molar-refractivity contribution in [3.8, 4) is 0 Å². The third kappa shape index (κ3) is 4.06. The number of halogens is 1. The molecule has 0 aliphatic carbocycles. The molecule has 19 heavy (non-hydrogen) atoms. The van der Waals surface area contributed by atoms with Gasteiger partial charge in [0.25, 0.3) is 0 Å². The number of nitrogens with one attached hydrogen (secondary N) is 2. The highest BCUT2D eigenvalue weighted by atomic mass is 79.9. The first-order chi connectivity index (χ1) is 9.17. The monoisotopic (exact) mass is 319 g/mol. The van der Waals surface area contributed by atoms with Crippen molar-refractivity contribution < 1.29 is 4.79 Å². The molecular weight excluding hydrogens is 306 g/mol. The van der Waals surface area contributed by atoms with E-state index in [0.29, 0.717) is 5.82 Å². The zero-order valence-electron chi connectivity index (χ0n) is 10.5. The molecule has 2 aromatic rings. The van der Waals surface area contributed by atoms with Crippen LogP contribution in [0.1, 0.15) is 12.5 Å². The van der Waals surface area contributed by atoms with Gasteiger partial charge in [0.1, 0.15) is 5.82 Å². The molecule has 1 heterocycles. The van der Waals surface area contributed by atoms with Gasteiger partial charge in [-0.3, -0.25) is 5.32 Å². The van der Waals surface area contributed by atoms with Gasteiger partial charge >= 0.3 is 6.03 Å². The Morgan fingerprint density at radius 3 is 2.47 bits per heavy atom. The Hall–Kier alpha value is -1.88. The van der Waals surface area contributed by atoms with Crippen LogP contribution in [0.5, 0.6) is 0 Å². The van der Waals surface area contributed by atoms with Gasteiger partial charge in [-0.05, 0) is 52.2 Å². The van der Waals surface area contributed by atoms with Gasteiger partial charge in [0, 0.05) is 16.4 Å². The Balaban J connectivity index is 1.95. The number of aromatic nitrogens is 1. The van der Waals surface area contributed by atoms with Crippen molar-refractivity contribution in [1.82, 2.24) is 4.98 Å². The SMILES string of the molecule is CCc1ccc(NC(=O)Nc2ccc(Br)cn2)cc1. The summed E-state index contributed by atoms with van der Waals surface area (Å²) >= 11 is 3.29. The molecule has 98 valence electrons. The highest BCUT2D eigenvalue weighted by molar-refractivity contribution is 9.10. The zero-order valence-corrected chi connectivity index (χ0v) is 12.1. The van der Waals surface area contributed by atoms with E-state index in [1.165, 1.54) is 5.56 Å². The molecule has 2 amide bonds. The fraction of sp³-hybridized carbons (Fsp3) is 0.143. The molecule has 1 aromatic carbocycles. The van der Waals surface area contributed by atoms with Gasteiger partial charge in [-0.1, -0.05) is 19.1 Å². The van der Waals surface area contributed by atoms with Crippen LogP contribution in [0.25, 0.3) is 0 Å². The van der Waals surface area contributed by atoms with Gasteiger partial charge in [0.05, 0.1) is 0 Å². The molecular formula is C14H14BrN3O. The van der Waals surface area contributed by atoms with Crippen molar-refractivity contribution in [2.45, 2.75) is 13.3 Å². The minimum atomic E-state index is -0.306. The van der Waals surface area contributed by atoms with Crippen LogP contribution in [0.4, 0.5) is 16.3 Å². The Morgan fingerprint density at radius 2 is 1.89 bits per heavy atom. The fourth-order valence-corrected chi connectivity index (χ4v) is 1.79. The van der Waals surface area contributed by atoms with Gasteiger partial charge in [0.15, 0.2) is 0 Å². The average molecular weight is 320 g/mol. The Bertz CT molecular complexity index is 552. The van der Waals surface area contributed by atoms with Gasteiger partial charge in [-0.25, -0.2) is 9.78 Å². The Morgan fingerprint density at radius 1 is 1.16 bits per heavy atom. The van der Waals surface area contributed by atoms with Crippen LogP contribution in [-0.4, -0.2) is 11.0 Å². The van der Waals surface area contributed by atoms with Crippen LogP contribution < -0.4 is 10.6 Å². The van der Waals surface area contributed by atoms with E-state index >= 15 is 0 Å². The summed E-state index contributed by atoms with van der Waals surface area (Å²) in [5.41, 5.74) is 1.99. The predicted octanol–water partition coefficient (Wildman–Crippen LogP) is 4.05. The maximum absolute atomic E-state index is 11.7. The molecule has 0 saturated heterocycles. The summed E-state index contributed by atoms with van der Waals surface area (Å²) in [5.74, 6) is 0.505. The second-order valence-electron chi connectivity index (χ2n) is 3.99. The van der Waals surface area contributed by atoms with Gasteiger partial charge < -0.3 is 5.32 Å². The number of hydrogen-bond donors (Lipinski definition) is 2. The molecule has 0 saturated carbocycles. The summed E-state index contributed by atoms with van der Waals surface area (Å²) in [4.78, 5) is 15.8. The Kier molecular flexibility index (Phi) is 4.52. The standard InChI is InChI=1S/C14H14BrN3O/c1-2-10-3-6-12(7-4-10)17-14(19)18-13-8-5-11(15)9-16-13/h3-9H,2H2,1H3,(H2,16,17,18,19). The van der Waals surface area contributed by atoms with Crippen molar-refractivity contribution in [3.63, 3.8) is 0 Å². The molecule has 0 fully saturated rings. The number of nitrogens with zero attached hydrogens (tertiary/aromatic N) is 1. The van der Waals surface area contributed by atoms with Gasteiger partial charge in [-0.15, -0.1) is 0 Å². The Labute approximate surface area is 120 Å². The first-order valence-corrected chi connectivity index (χ1v) is 6.75. The summed E-state index contributed by atoms with van der Waals surface area (Å²) in [6, 6.07) is 11.0. The zero-order chi connectivity index (χ0) is 13.7. The minimum Gasteiger partial charge on any atom is -0.308 e. The van der Waals surface area contributed by atoms with E-state index in [1.807, 2.05) is 30.3 Å². The number of amides is 2. The quantitative estimate of drug-likeness (QED) is 0.896. The molecule has 0 spiro atoms. The fourth-order valence-electron chi connectivity index (χ4n) is 1.55. The smallest absolute Gasteiger partial charge is 0.308 e. The predicted molar refractivity (Wildman–Crippen MR) is 80.4 cm³/mol. The van der Waals surface area contributed by atoms with Crippen molar-refractivity contribution in [3.05, 3.63) is 52.6 Å². The van der Waals surface area contributed by atoms with Crippen LogP contribution in [0.3, 0.4) is 0 Å². The van der Waals surface area contributed by atoms with E-state index in [0.717, 1.165) is 16.6 Å². The number of benzene rings is 1. The maximum atomic E-state index is 11.7. The number of hydrogen-bond acceptors (Lipinski definition) is 2. The topological polar surface area (TPSA) is 54.0 Å². The molecule has 4 nitrogen and oxygen atoms in total. The van der Waals surface area contributed by atoms with Gasteiger partial charge in [-0.2, -0.15) is 0 Å². The molecule has 5 heteroatoms. The van der Waals surface area contributed by atoms with E-state index in [1.54, 1.807) is 12.3 Å².